The minimum atomic E-state index is -0.408. The summed E-state index contributed by atoms with van der Waals surface area (Å²) in [6.07, 6.45) is 0. The van der Waals surface area contributed by atoms with Gasteiger partial charge < -0.3 is 14.0 Å². The lowest BCUT2D eigenvalue weighted by Crippen LogP contribution is -2.19. The number of nitrogens with zero attached hydrogens (tertiary/aromatic N) is 4. The Morgan fingerprint density at radius 1 is 1.25 bits per heavy atom. The highest BCUT2D eigenvalue weighted by atomic mass is 32.1. The summed E-state index contributed by atoms with van der Waals surface area (Å²) < 4.78 is 14.5. The zero-order valence-electron chi connectivity index (χ0n) is 16.3. The van der Waals surface area contributed by atoms with Crippen LogP contribution in [0.2, 0.25) is 0 Å². The number of fused-ring (bicyclic) bond motifs is 1. The summed E-state index contributed by atoms with van der Waals surface area (Å²) >= 11 is 1.33. The van der Waals surface area contributed by atoms with E-state index >= 15 is 0 Å². The van der Waals surface area contributed by atoms with Gasteiger partial charge in [-0.2, -0.15) is 10.1 Å². The van der Waals surface area contributed by atoms with Gasteiger partial charge >= 0.3 is 5.97 Å². The van der Waals surface area contributed by atoms with Gasteiger partial charge in [-0.05, 0) is 38.1 Å². The van der Waals surface area contributed by atoms with Crippen LogP contribution in [0.5, 0.6) is 0 Å². The van der Waals surface area contributed by atoms with Gasteiger partial charge in [-0.1, -0.05) is 11.3 Å². The predicted molar refractivity (Wildman–Crippen MR) is 106 cm³/mol. The van der Waals surface area contributed by atoms with E-state index in [2.05, 4.69) is 10.1 Å². The quantitative estimate of drug-likeness (QED) is 0.591. The molecule has 0 saturated carbocycles. The van der Waals surface area contributed by atoms with E-state index in [1.807, 2.05) is 24.5 Å². The average molecular weight is 402 g/mol. The molecule has 2 heterocycles. The van der Waals surface area contributed by atoms with E-state index in [9.17, 15) is 9.59 Å². The van der Waals surface area contributed by atoms with Crippen molar-refractivity contribution in [2.75, 3.05) is 20.8 Å². The number of thiazole rings is 1. The van der Waals surface area contributed by atoms with Crippen molar-refractivity contribution < 1.29 is 19.1 Å². The number of amides is 1. The molecule has 0 aliphatic carbocycles. The monoisotopic (exact) mass is 402 g/mol. The summed E-state index contributed by atoms with van der Waals surface area (Å²) in [6.45, 7) is 5.55. The molecule has 0 N–H and O–H groups in total. The Kier molecular flexibility index (Phi) is 6.05. The maximum absolute atomic E-state index is 12.7. The van der Waals surface area contributed by atoms with Gasteiger partial charge in [-0.25, -0.2) is 4.79 Å². The second-order valence-electron chi connectivity index (χ2n) is 6.11. The third kappa shape index (κ3) is 3.90. The molecule has 0 aliphatic rings. The Hall–Kier alpha value is -2.78. The third-order valence-corrected chi connectivity index (χ3v) is 5.36. The summed E-state index contributed by atoms with van der Waals surface area (Å²) in [6, 6.07) is 7.00. The summed E-state index contributed by atoms with van der Waals surface area (Å²) in [7, 11) is 2.96. The van der Waals surface area contributed by atoms with Gasteiger partial charge in [-0.3, -0.25) is 9.48 Å². The van der Waals surface area contributed by atoms with Gasteiger partial charge in [0.1, 0.15) is 0 Å². The van der Waals surface area contributed by atoms with Crippen molar-refractivity contribution in [3.8, 4) is 0 Å². The first-order valence-corrected chi connectivity index (χ1v) is 9.64. The fourth-order valence-electron chi connectivity index (χ4n) is 2.88. The topological polar surface area (TPSA) is 87.7 Å². The highest BCUT2D eigenvalue weighted by Gasteiger charge is 2.14. The van der Waals surface area contributed by atoms with E-state index in [0.29, 0.717) is 35.8 Å². The Bertz CT molecular complexity index is 1090. The van der Waals surface area contributed by atoms with Crippen molar-refractivity contribution in [1.82, 2.24) is 14.3 Å². The van der Waals surface area contributed by atoms with Crippen LogP contribution in [0.15, 0.2) is 29.3 Å². The Balaban J connectivity index is 2.09. The first kappa shape index (κ1) is 20.0. The molecular weight excluding hydrogens is 380 g/mol. The van der Waals surface area contributed by atoms with Gasteiger partial charge in [0, 0.05) is 25.9 Å². The molecule has 0 spiro atoms. The van der Waals surface area contributed by atoms with E-state index in [0.717, 1.165) is 15.9 Å². The van der Waals surface area contributed by atoms with E-state index in [-0.39, 0.29) is 0 Å². The van der Waals surface area contributed by atoms with Crippen LogP contribution in [0, 0.1) is 6.92 Å². The first-order valence-electron chi connectivity index (χ1n) is 8.82. The van der Waals surface area contributed by atoms with E-state index in [4.69, 9.17) is 9.47 Å². The van der Waals surface area contributed by atoms with Gasteiger partial charge in [0.05, 0.1) is 29.5 Å². The molecular formula is C19H22N4O4S. The molecule has 0 bridgehead atoms. The molecule has 2 aromatic heterocycles. The Labute approximate surface area is 166 Å². The number of aryl methyl sites for hydroxylation is 2. The third-order valence-electron chi connectivity index (χ3n) is 4.32. The summed E-state index contributed by atoms with van der Waals surface area (Å²) in [5.74, 6) is -0.810. The molecule has 0 saturated heterocycles. The molecule has 3 rings (SSSR count). The normalized spacial score (nSPS) is 11.9. The van der Waals surface area contributed by atoms with E-state index in [1.54, 1.807) is 30.0 Å². The minimum absolute atomic E-state index is 0.311. The fourth-order valence-corrected chi connectivity index (χ4v) is 3.97. The lowest BCUT2D eigenvalue weighted by Gasteiger charge is -2.04. The average Bonchev–Trinajstić information content (AvgIpc) is 3.24. The zero-order chi connectivity index (χ0) is 20.3. The van der Waals surface area contributed by atoms with Crippen molar-refractivity contribution in [3.63, 3.8) is 0 Å². The highest BCUT2D eigenvalue weighted by molar-refractivity contribution is 7.16. The maximum Gasteiger partial charge on any atom is 0.337 e. The van der Waals surface area contributed by atoms with Crippen LogP contribution in [0.3, 0.4) is 0 Å². The lowest BCUT2D eigenvalue weighted by molar-refractivity contribution is 0.0600. The minimum Gasteiger partial charge on any atom is -0.465 e. The van der Waals surface area contributed by atoms with Crippen LogP contribution in [0.1, 0.15) is 33.5 Å². The standard InChI is InChI=1S/C19H22N4O4S/c1-5-23-12(2)10-14(21-23)17(24)20-19-22(8-9-26-3)15-7-6-13(18(25)27-4)11-16(15)28-19/h6-7,10-11H,5,8-9H2,1-4H3. The van der Waals surface area contributed by atoms with E-state index < -0.39 is 11.9 Å². The predicted octanol–water partition coefficient (Wildman–Crippen LogP) is 2.40. The summed E-state index contributed by atoms with van der Waals surface area (Å²) in [5, 5.41) is 4.30. The largest absolute Gasteiger partial charge is 0.465 e. The number of esters is 1. The molecule has 0 fully saturated rings. The number of rotatable bonds is 6. The number of benzene rings is 1. The Morgan fingerprint density at radius 3 is 2.68 bits per heavy atom. The molecule has 1 aromatic carbocycles. The molecule has 9 heteroatoms. The van der Waals surface area contributed by atoms with Crippen molar-refractivity contribution in [2.24, 2.45) is 4.99 Å². The van der Waals surface area contributed by atoms with Crippen molar-refractivity contribution in [3.05, 3.63) is 46.0 Å². The van der Waals surface area contributed by atoms with Crippen LogP contribution in [-0.2, 0) is 22.6 Å². The molecule has 0 radical (unpaired) electrons. The molecule has 1 amide bonds. The molecule has 3 aromatic rings. The number of carbonyl (C=O) groups excluding carboxylic acids is 2. The zero-order valence-corrected chi connectivity index (χ0v) is 17.1. The smallest absolute Gasteiger partial charge is 0.337 e. The van der Waals surface area contributed by atoms with Gasteiger partial charge in [0.25, 0.3) is 5.91 Å². The van der Waals surface area contributed by atoms with Crippen LogP contribution in [-0.4, -0.2) is 47.1 Å². The lowest BCUT2D eigenvalue weighted by atomic mass is 10.2. The highest BCUT2D eigenvalue weighted by Crippen LogP contribution is 2.20. The molecule has 148 valence electrons. The van der Waals surface area contributed by atoms with Crippen molar-refractivity contribution >= 4 is 33.4 Å². The maximum atomic E-state index is 12.7. The number of methoxy groups -OCH3 is 2. The molecule has 0 aliphatic heterocycles. The molecule has 8 nitrogen and oxygen atoms in total. The number of hydrogen-bond acceptors (Lipinski definition) is 6. The van der Waals surface area contributed by atoms with Crippen LogP contribution < -0.4 is 4.80 Å². The van der Waals surface area contributed by atoms with Gasteiger partial charge in [-0.15, -0.1) is 0 Å². The first-order chi connectivity index (χ1) is 13.5. The molecule has 0 atom stereocenters. The summed E-state index contributed by atoms with van der Waals surface area (Å²) in [5.41, 5.74) is 2.54. The SMILES string of the molecule is CCn1nc(C(=O)N=c2sc3cc(C(=O)OC)ccc3n2CCOC)cc1C. The Morgan fingerprint density at radius 2 is 2.04 bits per heavy atom. The number of hydrogen-bond donors (Lipinski definition) is 0. The van der Waals surface area contributed by atoms with Crippen LogP contribution >= 0.6 is 11.3 Å². The van der Waals surface area contributed by atoms with Crippen molar-refractivity contribution in [1.29, 1.82) is 0 Å². The summed E-state index contributed by atoms with van der Waals surface area (Å²) in [4.78, 5) is 29.3. The number of aromatic nitrogens is 3. The van der Waals surface area contributed by atoms with Gasteiger partial charge in [0.2, 0.25) is 0 Å². The molecule has 0 unspecified atom stereocenters. The molecule has 28 heavy (non-hydrogen) atoms. The van der Waals surface area contributed by atoms with E-state index in [1.165, 1.54) is 18.4 Å². The number of carbonyl (C=O) groups is 2. The second-order valence-corrected chi connectivity index (χ2v) is 7.12. The number of ether oxygens (including phenoxy) is 2. The van der Waals surface area contributed by atoms with Crippen LogP contribution in [0.4, 0.5) is 0 Å². The fraction of sp³-hybridized carbons (Fsp3) is 0.368. The second kappa shape index (κ2) is 8.49. The van der Waals surface area contributed by atoms with Crippen LogP contribution in [0.25, 0.3) is 10.2 Å². The van der Waals surface area contributed by atoms with Crippen molar-refractivity contribution in [2.45, 2.75) is 26.9 Å². The van der Waals surface area contributed by atoms with Gasteiger partial charge in [0.15, 0.2) is 10.5 Å².